The third kappa shape index (κ3) is 20.0. The molecule has 4 rings (SSSR count). The third-order valence-corrected chi connectivity index (χ3v) is 9.76. The summed E-state index contributed by atoms with van der Waals surface area (Å²) in [6.07, 6.45) is 11.4. The molecule has 0 aliphatic carbocycles. The smallest absolute Gasteiger partial charge is 0.343 e. The van der Waals surface area contributed by atoms with Gasteiger partial charge in [-0.15, -0.1) is 0 Å². The molecule has 16 nitrogen and oxygen atoms in total. The van der Waals surface area contributed by atoms with Gasteiger partial charge in [-0.3, -0.25) is 9.59 Å². The van der Waals surface area contributed by atoms with E-state index in [1.54, 1.807) is 54.6 Å². The first-order valence-electron chi connectivity index (χ1n) is 22.4. The van der Waals surface area contributed by atoms with E-state index in [9.17, 15) is 28.8 Å². The topological polar surface area (TPSA) is 195 Å². The van der Waals surface area contributed by atoms with Crippen molar-refractivity contribution in [3.63, 3.8) is 0 Å². The predicted molar refractivity (Wildman–Crippen MR) is 249 cm³/mol. The molecule has 0 saturated heterocycles. The van der Waals surface area contributed by atoms with E-state index in [-0.39, 0.29) is 47.2 Å². The number of carbonyl (C=O) groups excluding carboxylic acids is 6. The highest BCUT2D eigenvalue weighted by Gasteiger charge is 2.16. The van der Waals surface area contributed by atoms with Gasteiger partial charge in [0, 0.05) is 24.6 Å². The Morgan fingerprint density at radius 3 is 1.49 bits per heavy atom. The van der Waals surface area contributed by atoms with Crippen LogP contribution < -0.4 is 33.3 Å². The van der Waals surface area contributed by atoms with Gasteiger partial charge in [0.2, 0.25) is 0 Å². The Morgan fingerprint density at radius 1 is 0.485 bits per heavy atom. The van der Waals surface area contributed by atoms with Crippen LogP contribution in [0.3, 0.4) is 0 Å². The second-order valence-electron chi connectivity index (χ2n) is 14.9. The van der Waals surface area contributed by atoms with Gasteiger partial charge >= 0.3 is 29.8 Å². The summed E-state index contributed by atoms with van der Waals surface area (Å²) in [7, 11) is 1.43. The summed E-state index contributed by atoms with van der Waals surface area (Å²) < 4.78 is 43.2. The Hall–Kier alpha value is -7.46. The van der Waals surface area contributed by atoms with Crippen molar-refractivity contribution < 1.29 is 76.4 Å². The fraction of sp³-hybridized carbons (Fsp3) is 0.346. The van der Waals surface area contributed by atoms with Crippen molar-refractivity contribution in [2.45, 2.75) is 77.0 Å². The van der Waals surface area contributed by atoms with Crippen LogP contribution in [-0.4, -0.2) is 76.3 Å². The molecule has 0 spiro atoms. The maximum absolute atomic E-state index is 12.9. The molecule has 0 heterocycles. The van der Waals surface area contributed by atoms with E-state index in [1.807, 2.05) is 0 Å². The number of hydrogen-bond donors (Lipinski definition) is 0. The number of benzene rings is 4. The number of hydrogen-bond acceptors (Lipinski definition) is 16. The Labute approximate surface area is 395 Å². The fourth-order valence-electron chi connectivity index (χ4n) is 6.11. The number of unbranched alkanes of at least 4 members (excludes halogenated alkanes) is 8. The lowest BCUT2D eigenvalue weighted by molar-refractivity contribution is -0.207. The molecule has 362 valence electrons. The van der Waals surface area contributed by atoms with Crippen LogP contribution >= 0.6 is 0 Å². The largest absolute Gasteiger partial charge is 0.494 e. The van der Waals surface area contributed by atoms with E-state index in [0.29, 0.717) is 74.8 Å². The van der Waals surface area contributed by atoms with Crippen molar-refractivity contribution in [1.82, 2.24) is 0 Å². The molecule has 16 heteroatoms. The number of methoxy groups -OCH3 is 1. The van der Waals surface area contributed by atoms with Gasteiger partial charge in [0.25, 0.3) is 0 Å². The van der Waals surface area contributed by atoms with Crippen molar-refractivity contribution in [3.05, 3.63) is 127 Å². The van der Waals surface area contributed by atoms with Crippen LogP contribution in [-0.2, 0) is 28.7 Å². The summed E-state index contributed by atoms with van der Waals surface area (Å²) >= 11 is 0. The number of rotatable bonds is 33. The molecule has 0 aliphatic heterocycles. The normalized spacial score (nSPS) is 10.5. The number of aldehydes is 1. The molecule has 0 unspecified atom stereocenters. The molecule has 0 aliphatic rings. The van der Waals surface area contributed by atoms with Crippen LogP contribution in [0.2, 0.25) is 0 Å². The minimum atomic E-state index is -0.679. The van der Waals surface area contributed by atoms with Gasteiger partial charge in [-0.05, 0) is 143 Å². The second kappa shape index (κ2) is 30.7. The van der Waals surface area contributed by atoms with E-state index < -0.39 is 29.8 Å². The summed E-state index contributed by atoms with van der Waals surface area (Å²) in [5.74, 6) is -0.507. The second-order valence-corrected chi connectivity index (χ2v) is 14.9. The number of esters is 5. The van der Waals surface area contributed by atoms with Crippen LogP contribution in [0.15, 0.2) is 110 Å². The molecule has 0 N–H and O–H groups in total. The lowest BCUT2D eigenvalue weighted by Gasteiger charge is -2.12. The van der Waals surface area contributed by atoms with E-state index in [1.165, 1.54) is 37.4 Å². The summed E-state index contributed by atoms with van der Waals surface area (Å²) in [4.78, 5) is 82.9. The monoisotopic (exact) mass is 938 g/mol. The molecular formula is C52H58O16. The minimum Gasteiger partial charge on any atom is -0.494 e. The molecule has 4 aromatic rings. The van der Waals surface area contributed by atoms with Crippen molar-refractivity contribution in [2.24, 2.45) is 0 Å². The van der Waals surface area contributed by atoms with Gasteiger partial charge < -0.3 is 42.8 Å². The molecule has 0 atom stereocenters. The molecule has 68 heavy (non-hydrogen) atoms. The van der Waals surface area contributed by atoms with Crippen LogP contribution in [0.4, 0.5) is 0 Å². The fourth-order valence-corrected chi connectivity index (χ4v) is 6.11. The lowest BCUT2D eigenvalue weighted by Crippen LogP contribution is -2.11. The third-order valence-electron chi connectivity index (χ3n) is 9.76. The van der Waals surface area contributed by atoms with Crippen LogP contribution in [0, 0.1) is 0 Å². The molecule has 0 bridgehead atoms. The van der Waals surface area contributed by atoms with Gasteiger partial charge in [-0.25, -0.2) is 19.2 Å². The quantitative estimate of drug-likeness (QED) is 0.00832. The Morgan fingerprint density at radius 2 is 0.956 bits per heavy atom. The predicted octanol–water partition coefficient (Wildman–Crippen LogP) is 9.76. The van der Waals surface area contributed by atoms with Crippen LogP contribution in [0.1, 0.15) is 108 Å². The van der Waals surface area contributed by atoms with Gasteiger partial charge in [0.1, 0.15) is 23.0 Å². The number of carbonyl (C=O) groups is 6. The molecule has 0 saturated carbocycles. The first-order chi connectivity index (χ1) is 33.1. The highest BCUT2D eigenvalue weighted by molar-refractivity contribution is 5.93. The molecule has 0 amide bonds. The standard InChI is InChI=1S/C52H58O16/c1-4-48(54)62-32-14-8-6-12-30-60-41-22-18-38(19-23-41)51(57)66-45-28-26-43(35-40(45)37-53)65-50(56)17-11-10-16-34-64-68-44-27-29-46(47(36-44)59-3)67-52(58)39-20-24-42(25-21-39)61-31-13-7-9-15-33-63-49(55)5-2/h4-5,18-29,35-37H,1-2,6-17,30-34H2,3H3. The van der Waals surface area contributed by atoms with Crippen molar-refractivity contribution in [2.75, 3.05) is 40.1 Å². The van der Waals surface area contributed by atoms with E-state index in [2.05, 4.69) is 13.2 Å². The zero-order valence-electron chi connectivity index (χ0n) is 38.3. The Kier molecular flexibility index (Phi) is 24.0. The van der Waals surface area contributed by atoms with Crippen molar-refractivity contribution in [3.8, 4) is 40.2 Å². The zero-order chi connectivity index (χ0) is 48.8. The summed E-state index contributed by atoms with van der Waals surface area (Å²) in [5, 5.41) is 0. The molecule has 0 aromatic heterocycles. The maximum Gasteiger partial charge on any atom is 0.343 e. The first-order valence-corrected chi connectivity index (χ1v) is 22.4. The lowest BCUT2D eigenvalue weighted by atomic mass is 10.2. The summed E-state index contributed by atoms with van der Waals surface area (Å²) in [6.45, 7) is 8.67. The maximum atomic E-state index is 12.9. The van der Waals surface area contributed by atoms with E-state index in [4.69, 9.17) is 47.7 Å². The SMILES string of the molecule is C=CC(=O)OCCCCCCOc1ccc(C(=O)Oc2ccc(OC(=O)CCCCCOOc3ccc(OC(=O)c4ccc(OCCCCCCOC(=O)C=C)cc4)c(OC)c3)cc2C=O)cc1. The highest BCUT2D eigenvalue weighted by atomic mass is 17.2. The highest BCUT2D eigenvalue weighted by Crippen LogP contribution is 2.32. The first kappa shape index (κ1) is 53.2. The van der Waals surface area contributed by atoms with Crippen LogP contribution in [0.25, 0.3) is 0 Å². The summed E-state index contributed by atoms with van der Waals surface area (Å²) in [6, 6.07) is 21.8. The van der Waals surface area contributed by atoms with Crippen molar-refractivity contribution in [1.29, 1.82) is 0 Å². The van der Waals surface area contributed by atoms with Gasteiger partial charge in [-0.2, -0.15) is 4.89 Å². The average Bonchev–Trinajstić information content (AvgIpc) is 3.36. The average molecular weight is 939 g/mol. The summed E-state index contributed by atoms with van der Waals surface area (Å²) in [5.41, 5.74) is 0.603. The van der Waals surface area contributed by atoms with E-state index in [0.717, 1.165) is 63.5 Å². The van der Waals surface area contributed by atoms with E-state index >= 15 is 0 Å². The molecule has 0 radical (unpaired) electrons. The zero-order valence-corrected chi connectivity index (χ0v) is 38.3. The molecular weight excluding hydrogens is 881 g/mol. The molecule has 4 aromatic carbocycles. The van der Waals surface area contributed by atoms with Gasteiger partial charge in [0.15, 0.2) is 23.5 Å². The Balaban J connectivity index is 1.08. The minimum absolute atomic E-state index is 0.0113. The number of ether oxygens (including phenoxy) is 8. The Bertz CT molecular complexity index is 2250. The molecule has 0 fully saturated rings. The van der Waals surface area contributed by atoms with Gasteiger partial charge in [-0.1, -0.05) is 19.6 Å². The van der Waals surface area contributed by atoms with Crippen molar-refractivity contribution >= 4 is 36.1 Å². The van der Waals surface area contributed by atoms with Crippen LogP contribution in [0.5, 0.6) is 40.2 Å². The van der Waals surface area contributed by atoms with Gasteiger partial charge in [0.05, 0.1) is 56.8 Å².